The molecular weight excluding hydrogens is 176 g/mol. The lowest BCUT2D eigenvalue weighted by Crippen LogP contribution is -2.34. The highest BCUT2D eigenvalue weighted by atomic mass is 15.2. The molecule has 2 rings (SSSR count). The van der Waals surface area contributed by atoms with Crippen molar-refractivity contribution in [2.24, 2.45) is 5.92 Å². The number of piperidine rings is 1. The number of imidazole rings is 1. The maximum Gasteiger partial charge on any atom is 0.171 e. The number of aromatic amines is 1. The van der Waals surface area contributed by atoms with E-state index < -0.39 is 0 Å². The van der Waals surface area contributed by atoms with E-state index in [0.717, 1.165) is 30.6 Å². The Morgan fingerprint density at radius 2 is 2.36 bits per heavy atom. The summed E-state index contributed by atoms with van der Waals surface area (Å²) in [5.41, 5.74) is 5.86. The minimum absolute atomic E-state index is 0.705. The molecule has 0 aromatic carbocycles. The number of anilines is 2. The number of nitrogens with zero attached hydrogens (tertiary/aromatic N) is 2. The van der Waals surface area contributed by atoms with Gasteiger partial charge in [0.2, 0.25) is 0 Å². The van der Waals surface area contributed by atoms with Crippen LogP contribution >= 0.6 is 0 Å². The number of nitrogen functional groups attached to an aromatic ring is 1. The fourth-order valence-electron chi connectivity index (χ4n) is 2.12. The van der Waals surface area contributed by atoms with Crippen LogP contribution in [-0.2, 0) is 0 Å². The number of hydrogen-bond acceptors (Lipinski definition) is 3. The first kappa shape index (κ1) is 9.37. The predicted octanol–water partition coefficient (Wildman–Crippen LogP) is 1.54. The Morgan fingerprint density at radius 3 is 2.93 bits per heavy atom. The molecule has 1 unspecified atom stereocenters. The first-order valence-electron chi connectivity index (χ1n) is 5.24. The fraction of sp³-hybridized carbons (Fsp3) is 0.700. The van der Waals surface area contributed by atoms with Gasteiger partial charge in [-0.2, -0.15) is 0 Å². The van der Waals surface area contributed by atoms with E-state index in [2.05, 4.69) is 21.8 Å². The van der Waals surface area contributed by atoms with Crippen LogP contribution in [0.2, 0.25) is 0 Å². The SMILES string of the molecule is Cc1nc(N2CCCC(C)C2)c(N)[nH]1. The lowest BCUT2D eigenvalue weighted by molar-refractivity contribution is 0.445. The van der Waals surface area contributed by atoms with Crippen LogP contribution in [0, 0.1) is 12.8 Å². The van der Waals surface area contributed by atoms with Crippen LogP contribution in [0.4, 0.5) is 11.6 Å². The molecule has 1 atom stereocenters. The molecule has 0 bridgehead atoms. The Bertz CT molecular complexity index is 318. The molecule has 3 N–H and O–H groups in total. The summed E-state index contributed by atoms with van der Waals surface area (Å²) in [6.45, 7) is 6.38. The minimum atomic E-state index is 0.705. The molecule has 0 radical (unpaired) electrons. The van der Waals surface area contributed by atoms with Crippen LogP contribution in [0.15, 0.2) is 0 Å². The largest absolute Gasteiger partial charge is 0.382 e. The highest BCUT2D eigenvalue weighted by molar-refractivity contribution is 5.59. The van der Waals surface area contributed by atoms with E-state index in [0.29, 0.717) is 5.82 Å². The van der Waals surface area contributed by atoms with Crippen molar-refractivity contribution in [2.45, 2.75) is 26.7 Å². The summed E-state index contributed by atoms with van der Waals surface area (Å²) in [5, 5.41) is 0. The van der Waals surface area contributed by atoms with Crippen LogP contribution in [0.25, 0.3) is 0 Å². The van der Waals surface area contributed by atoms with E-state index in [1.165, 1.54) is 12.8 Å². The normalized spacial score (nSPS) is 22.7. The molecule has 1 aliphatic heterocycles. The zero-order chi connectivity index (χ0) is 10.1. The Balaban J connectivity index is 2.17. The molecule has 4 heteroatoms. The van der Waals surface area contributed by atoms with E-state index in [-0.39, 0.29) is 0 Å². The van der Waals surface area contributed by atoms with Gasteiger partial charge >= 0.3 is 0 Å². The number of H-pyrrole nitrogens is 1. The number of hydrogen-bond donors (Lipinski definition) is 2. The number of aromatic nitrogens is 2. The Hall–Kier alpha value is -1.19. The highest BCUT2D eigenvalue weighted by Crippen LogP contribution is 2.25. The van der Waals surface area contributed by atoms with Gasteiger partial charge in [-0.05, 0) is 25.7 Å². The third kappa shape index (κ3) is 1.69. The summed E-state index contributed by atoms with van der Waals surface area (Å²) >= 11 is 0. The molecule has 0 saturated carbocycles. The molecule has 14 heavy (non-hydrogen) atoms. The second-order valence-corrected chi connectivity index (χ2v) is 4.25. The summed E-state index contributed by atoms with van der Waals surface area (Å²) in [4.78, 5) is 9.74. The van der Waals surface area contributed by atoms with Gasteiger partial charge in [0.05, 0.1) is 0 Å². The van der Waals surface area contributed by atoms with E-state index in [9.17, 15) is 0 Å². The van der Waals surface area contributed by atoms with E-state index in [1.54, 1.807) is 0 Å². The van der Waals surface area contributed by atoms with Crippen LogP contribution < -0.4 is 10.6 Å². The average molecular weight is 194 g/mol. The monoisotopic (exact) mass is 194 g/mol. The van der Waals surface area contributed by atoms with E-state index in [1.807, 2.05) is 6.92 Å². The van der Waals surface area contributed by atoms with Gasteiger partial charge in [0.25, 0.3) is 0 Å². The van der Waals surface area contributed by atoms with E-state index >= 15 is 0 Å². The van der Waals surface area contributed by atoms with Crippen LogP contribution in [0.3, 0.4) is 0 Å². The van der Waals surface area contributed by atoms with Crippen molar-refractivity contribution in [2.75, 3.05) is 23.7 Å². The third-order valence-electron chi connectivity index (χ3n) is 2.79. The Labute approximate surface area is 84.5 Å². The molecule has 0 aliphatic carbocycles. The molecule has 78 valence electrons. The van der Waals surface area contributed by atoms with Crippen molar-refractivity contribution in [3.05, 3.63) is 5.82 Å². The van der Waals surface area contributed by atoms with Gasteiger partial charge in [-0.1, -0.05) is 6.92 Å². The number of aryl methyl sites for hydroxylation is 1. The molecule has 0 spiro atoms. The van der Waals surface area contributed by atoms with Crippen molar-refractivity contribution in [1.29, 1.82) is 0 Å². The number of rotatable bonds is 1. The van der Waals surface area contributed by atoms with Crippen molar-refractivity contribution in [1.82, 2.24) is 9.97 Å². The Kier molecular flexibility index (Phi) is 2.35. The molecule has 0 amide bonds. The summed E-state index contributed by atoms with van der Waals surface area (Å²) in [6, 6.07) is 0. The second kappa shape index (κ2) is 3.52. The lowest BCUT2D eigenvalue weighted by Gasteiger charge is -2.31. The van der Waals surface area contributed by atoms with Crippen molar-refractivity contribution < 1.29 is 0 Å². The van der Waals surface area contributed by atoms with Crippen molar-refractivity contribution >= 4 is 11.6 Å². The van der Waals surface area contributed by atoms with Gasteiger partial charge < -0.3 is 15.6 Å². The average Bonchev–Trinajstić information content (AvgIpc) is 2.45. The smallest absolute Gasteiger partial charge is 0.171 e. The molecular formula is C10H18N4. The van der Waals surface area contributed by atoms with E-state index in [4.69, 9.17) is 5.73 Å². The maximum absolute atomic E-state index is 5.86. The molecule has 4 nitrogen and oxygen atoms in total. The summed E-state index contributed by atoms with van der Waals surface area (Å²) in [6.07, 6.45) is 2.56. The second-order valence-electron chi connectivity index (χ2n) is 4.25. The first-order valence-corrected chi connectivity index (χ1v) is 5.24. The van der Waals surface area contributed by atoms with Crippen LogP contribution in [0.5, 0.6) is 0 Å². The van der Waals surface area contributed by atoms with Gasteiger partial charge in [0.1, 0.15) is 11.6 Å². The van der Waals surface area contributed by atoms with Gasteiger partial charge in [0.15, 0.2) is 5.82 Å². The molecule has 1 fully saturated rings. The third-order valence-corrected chi connectivity index (χ3v) is 2.79. The molecule has 1 aromatic rings. The Morgan fingerprint density at radius 1 is 1.57 bits per heavy atom. The molecule has 1 aromatic heterocycles. The van der Waals surface area contributed by atoms with Crippen LogP contribution in [-0.4, -0.2) is 23.1 Å². The summed E-state index contributed by atoms with van der Waals surface area (Å²) < 4.78 is 0. The number of nitrogens with one attached hydrogen (secondary N) is 1. The van der Waals surface area contributed by atoms with Crippen LogP contribution in [0.1, 0.15) is 25.6 Å². The lowest BCUT2D eigenvalue weighted by atomic mass is 10.0. The molecule has 1 aliphatic rings. The zero-order valence-electron chi connectivity index (χ0n) is 8.88. The minimum Gasteiger partial charge on any atom is -0.382 e. The summed E-state index contributed by atoms with van der Waals surface area (Å²) in [7, 11) is 0. The van der Waals surface area contributed by atoms with Crippen molar-refractivity contribution in [3.8, 4) is 0 Å². The van der Waals surface area contributed by atoms with Gasteiger partial charge in [-0.3, -0.25) is 0 Å². The molecule has 2 heterocycles. The maximum atomic E-state index is 5.86. The predicted molar refractivity (Wildman–Crippen MR) is 58.3 cm³/mol. The highest BCUT2D eigenvalue weighted by Gasteiger charge is 2.20. The van der Waals surface area contributed by atoms with Gasteiger partial charge in [0, 0.05) is 13.1 Å². The number of nitrogens with two attached hydrogens (primary N) is 1. The van der Waals surface area contributed by atoms with Gasteiger partial charge in [-0.25, -0.2) is 4.98 Å². The van der Waals surface area contributed by atoms with Crippen molar-refractivity contribution in [3.63, 3.8) is 0 Å². The fourth-order valence-corrected chi connectivity index (χ4v) is 2.12. The quantitative estimate of drug-likeness (QED) is 0.713. The zero-order valence-corrected chi connectivity index (χ0v) is 8.88. The standard InChI is InChI=1S/C10H18N4/c1-7-4-3-5-14(6-7)10-9(11)12-8(2)13-10/h7H,3-6,11H2,1-2H3,(H,12,13). The molecule has 1 saturated heterocycles. The first-order chi connectivity index (χ1) is 6.66. The summed E-state index contributed by atoms with van der Waals surface area (Å²) in [5.74, 6) is 3.29. The van der Waals surface area contributed by atoms with Gasteiger partial charge in [-0.15, -0.1) is 0 Å². The topological polar surface area (TPSA) is 57.9 Å².